The van der Waals surface area contributed by atoms with E-state index >= 15 is 0 Å². The molecule has 0 spiro atoms. The first-order valence-corrected chi connectivity index (χ1v) is 12.3. The average molecular weight is 491 g/mol. The maximum atomic E-state index is 13.7. The smallest absolute Gasteiger partial charge is 0.264 e. The molecule has 2 aliphatic rings. The number of fused-ring (bicyclic) bond motifs is 1. The predicted octanol–water partition coefficient (Wildman–Crippen LogP) is 2.82. The number of hydrogen-bond acceptors (Lipinski definition) is 7. The summed E-state index contributed by atoms with van der Waals surface area (Å²) in [4.78, 5) is 40.1. The van der Waals surface area contributed by atoms with Gasteiger partial charge in [-0.3, -0.25) is 19.3 Å². The Morgan fingerprint density at radius 2 is 2.00 bits per heavy atom. The van der Waals surface area contributed by atoms with Gasteiger partial charge in [0.2, 0.25) is 5.91 Å². The number of anilines is 1. The number of nitrogens with one attached hydrogen (secondary N) is 1. The Bertz CT molecular complexity index is 1420. The minimum absolute atomic E-state index is 0.0472. The molecule has 1 heterocycles. The van der Waals surface area contributed by atoms with Crippen molar-refractivity contribution in [2.45, 2.75) is 25.8 Å². The first-order valence-electron chi connectivity index (χ1n) is 12.6. The summed E-state index contributed by atoms with van der Waals surface area (Å²) in [5.74, 6) is -3.64. The van der Waals surface area contributed by atoms with Crippen molar-refractivity contribution < 1.29 is 37.8 Å². The fraction of sp³-hybridized carbons (Fsp3) is 0.375. The summed E-state index contributed by atoms with van der Waals surface area (Å²) in [5.41, 5.74) is -0.489. The van der Waals surface area contributed by atoms with Crippen molar-refractivity contribution in [2.24, 2.45) is 5.92 Å². The Labute approximate surface area is 203 Å². The molecule has 1 N–H and O–H groups in total. The highest BCUT2D eigenvalue weighted by Gasteiger charge is 2.44. The van der Waals surface area contributed by atoms with E-state index in [0.29, 0.717) is 17.7 Å². The highest BCUT2D eigenvalue weighted by atomic mass is 32.2. The van der Waals surface area contributed by atoms with Crippen molar-refractivity contribution in [1.82, 2.24) is 4.90 Å². The number of carbonyl (C=O) groups is 3. The van der Waals surface area contributed by atoms with E-state index < -0.39 is 39.6 Å². The molecule has 0 bridgehead atoms. The largest absolute Gasteiger partial charge is 0.493 e. The van der Waals surface area contributed by atoms with Gasteiger partial charge in [0, 0.05) is 16.2 Å². The fourth-order valence-electron chi connectivity index (χ4n) is 3.80. The van der Waals surface area contributed by atoms with Crippen LogP contribution in [0.2, 0.25) is 0 Å². The van der Waals surface area contributed by atoms with E-state index in [0.717, 1.165) is 0 Å². The summed E-state index contributed by atoms with van der Waals surface area (Å²) in [6.07, 6.45) is -2.12. The van der Waals surface area contributed by atoms with E-state index in [2.05, 4.69) is 5.32 Å². The van der Waals surface area contributed by atoms with E-state index in [1.54, 1.807) is 6.92 Å². The van der Waals surface area contributed by atoms with Gasteiger partial charge in [0.25, 0.3) is 11.8 Å². The summed E-state index contributed by atoms with van der Waals surface area (Å²) >= 11 is 0. The topological polar surface area (TPSA) is 119 Å². The molecule has 0 saturated heterocycles. The minimum Gasteiger partial charge on any atom is -0.493 e. The van der Waals surface area contributed by atoms with Crippen LogP contribution in [-0.4, -0.2) is 56.7 Å². The van der Waals surface area contributed by atoms with Gasteiger partial charge in [0.1, 0.15) is 9.84 Å². The second kappa shape index (κ2) is 9.09. The lowest BCUT2D eigenvalue weighted by molar-refractivity contribution is -0.117. The van der Waals surface area contributed by atoms with Gasteiger partial charge >= 0.3 is 0 Å². The first kappa shape index (κ1) is 19.0. The number of methoxy groups -OCH3 is 1. The van der Waals surface area contributed by atoms with Crippen LogP contribution in [0.15, 0.2) is 36.4 Å². The lowest BCUT2D eigenvalue weighted by atomic mass is 10.1. The van der Waals surface area contributed by atoms with Crippen LogP contribution in [0, 0.1) is 5.92 Å². The average Bonchev–Trinajstić information content (AvgIpc) is 3.65. The molecule has 1 atom stereocenters. The van der Waals surface area contributed by atoms with Gasteiger partial charge in [-0.1, -0.05) is 12.1 Å². The molecule has 0 radical (unpaired) electrons. The van der Waals surface area contributed by atoms with Gasteiger partial charge < -0.3 is 14.8 Å². The van der Waals surface area contributed by atoms with Gasteiger partial charge in [0.15, 0.2) is 11.5 Å². The van der Waals surface area contributed by atoms with E-state index in [4.69, 9.17) is 13.6 Å². The van der Waals surface area contributed by atoms with Crippen molar-refractivity contribution in [3.05, 3.63) is 53.1 Å². The molecule has 0 unspecified atom stereocenters. The zero-order valence-corrected chi connectivity index (χ0v) is 19.4. The Kier molecular flexibility index (Phi) is 5.07. The molecular formula is C24H26N2O7S. The molecule has 3 amide bonds. The highest BCUT2D eigenvalue weighted by Crippen LogP contribution is 2.39. The van der Waals surface area contributed by atoms with Crippen LogP contribution in [-0.2, 0) is 14.6 Å². The minimum atomic E-state index is -5.02. The van der Waals surface area contributed by atoms with Crippen LogP contribution in [0.3, 0.4) is 0 Å². The Morgan fingerprint density at radius 1 is 1.24 bits per heavy atom. The second-order valence-corrected chi connectivity index (χ2v) is 9.46. The summed E-state index contributed by atoms with van der Waals surface area (Å²) in [6, 6.07) is 5.36. The molecule has 1 saturated carbocycles. The molecular weight excluding hydrogens is 460 g/mol. The summed E-state index contributed by atoms with van der Waals surface area (Å²) in [7, 11) is -3.66. The number of hydrogen-bond donors (Lipinski definition) is 1. The lowest BCUT2D eigenvalue weighted by Gasteiger charge is -2.27. The highest BCUT2D eigenvalue weighted by molar-refractivity contribution is 7.90. The maximum Gasteiger partial charge on any atom is 0.264 e. The van der Waals surface area contributed by atoms with Crippen molar-refractivity contribution in [3.8, 4) is 11.5 Å². The SMILES string of the molecule is [2H]C([2H])([2H])S(=O)(=O)C[C@@]([2H])(c1ccc(OC)c(OCC)c1)N1C(=O)c2cccc(NC(=O)C3CC3)c2C1=O. The van der Waals surface area contributed by atoms with Crippen LogP contribution in [0.4, 0.5) is 5.69 Å². The molecule has 9 nitrogen and oxygen atoms in total. The number of ether oxygens (including phenoxy) is 2. The molecule has 1 aliphatic heterocycles. The number of amides is 3. The van der Waals surface area contributed by atoms with Gasteiger partial charge in [0.05, 0.1) is 43.7 Å². The molecule has 1 fully saturated rings. The molecule has 180 valence electrons. The molecule has 10 heteroatoms. The zero-order chi connectivity index (χ0) is 28.0. The Balaban J connectivity index is 1.87. The standard InChI is InChI=1S/C24H26N2O7S/c1-4-33-20-12-15(10-11-19(20)32-2)18(13-34(3,30)31)26-23(28)16-6-5-7-17(21(16)24(26)29)25-22(27)14-8-9-14/h5-7,10-12,14,18H,4,8-9,13H2,1-3H3,(H,25,27)/t18-/m0/s1/i3D3,18D. The number of benzene rings is 2. The molecule has 2 aromatic carbocycles. The van der Waals surface area contributed by atoms with Gasteiger partial charge in [-0.15, -0.1) is 0 Å². The van der Waals surface area contributed by atoms with Crippen LogP contribution in [0.25, 0.3) is 0 Å². The maximum absolute atomic E-state index is 13.7. The Hall–Kier alpha value is -3.40. The molecule has 0 aromatic heterocycles. The quantitative estimate of drug-likeness (QED) is 0.537. The predicted molar refractivity (Wildman–Crippen MR) is 125 cm³/mol. The third-order valence-electron chi connectivity index (χ3n) is 5.51. The van der Waals surface area contributed by atoms with E-state index in [1.807, 2.05) is 0 Å². The normalized spacial score (nSPS) is 19.3. The van der Waals surface area contributed by atoms with Crippen LogP contribution in [0.5, 0.6) is 11.5 Å². The van der Waals surface area contributed by atoms with Gasteiger partial charge in [-0.05, 0) is 49.6 Å². The summed E-state index contributed by atoms with van der Waals surface area (Å²) in [6.45, 7) is 1.86. The van der Waals surface area contributed by atoms with Crippen molar-refractivity contribution in [3.63, 3.8) is 0 Å². The zero-order valence-electron chi connectivity index (χ0n) is 22.6. The Morgan fingerprint density at radius 3 is 2.65 bits per heavy atom. The third kappa shape index (κ3) is 4.63. The second-order valence-electron chi connectivity index (χ2n) is 7.94. The lowest BCUT2D eigenvalue weighted by Crippen LogP contribution is -2.37. The van der Waals surface area contributed by atoms with Crippen molar-refractivity contribution in [2.75, 3.05) is 31.0 Å². The van der Waals surface area contributed by atoms with Gasteiger partial charge in [-0.25, -0.2) is 8.42 Å². The van der Waals surface area contributed by atoms with E-state index in [-0.39, 0.29) is 52.3 Å². The van der Waals surface area contributed by atoms with Crippen LogP contribution in [0.1, 0.15) is 57.5 Å². The van der Waals surface area contributed by atoms with Crippen LogP contribution < -0.4 is 14.8 Å². The van der Waals surface area contributed by atoms with Crippen molar-refractivity contribution in [1.29, 1.82) is 0 Å². The van der Waals surface area contributed by atoms with E-state index in [1.165, 1.54) is 43.5 Å². The first-order chi connectivity index (χ1) is 17.7. The molecule has 34 heavy (non-hydrogen) atoms. The molecule has 1 aliphatic carbocycles. The number of imide groups is 1. The number of rotatable bonds is 9. The number of carbonyl (C=O) groups excluding carboxylic acids is 3. The summed E-state index contributed by atoms with van der Waals surface area (Å²) < 4.78 is 68.2. The van der Waals surface area contributed by atoms with Gasteiger partial charge in [-0.2, -0.15) is 0 Å². The molecule has 2 aromatic rings. The summed E-state index contributed by atoms with van der Waals surface area (Å²) in [5, 5.41) is 2.64. The fourth-order valence-corrected chi connectivity index (χ4v) is 4.45. The van der Waals surface area contributed by atoms with Crippen molar-refractivity contribution >= 4 is 33.2 Å². The number of sulfone groups is 1. The molecule has 4 rings (SSSR count). The monoisotopic (exact) mass is 490 g/mol. The van der Waals surface area contributed by atoms with Crippen LogP contribution >= 0.6 is 0 Å². The van der Waals surface area contributed by atoms with E-state index in [9.17, 15) is 24.2 Å². The third-order valence-corrected chi connectivity index (χ3v) is 6.17. The number of nitrogens with zero attached hydrogens (tertiary/aromatic N) is 1.